The number of nitrogens with zero attached hydrogens (tertiary/aromatic N) is 2. The Morgan fingerprint density at radius 2 is 2.12 bits per heavy atom. The van der Waals surface area contributed by atoms with E-state index in [1.807, 2.05) is 24.3 Å². The number of aliphatic hydroxyl groups excluding tert-OH is 1. The lowest BCUT2D eigenvalue weighted by atomic mass is 9.83. The highest BCUT2D eigenvalue weighted by Gasteiger charge is 2.36. The summed E-state index contributed by atoms with van der Waals surface area (Å²) in [6.07, 6.45) is 5.77. The summed E-state index contributed by atoms with van der Waals surface area (Å²) in [5.41, 5.74) is 1.99. The van der Waals surface area contributed by atoms with Gasteiger partial charge in [0.25, 0.3) is 0 Å². The molecule has 3 fully saturated rings. The van der Waals surface area contributed by atoms with Crippen molar-refractivity contribution >= 4 is 6.08 Å². The minimum absolute atomic E-state index is 0.287. The first-order chi connectivity index (χ1) is 7.84. The summed E-state index contributed by atoms with van der Waals surface area (Å²) in [5, 5.41) is 10.2. The van der Waals surface area contributed by atoms with Crippen LogP contribution >= 0.6 is 0 Å². The Morgan fingerprint density at radius 3 is 2.75 bits per heavy atom. The van der Waals surface area contributed by atoms with E-state index in [1.165, 1.54) is 0 Å². The van der Waals surface area contributed by atoms with E-state index in [-0.39, 0.29) is 6.10 Å². The Kier molecular flexibility index (Phi) is 2.40. The Labute approximate surface area is 95.4 Å². The first-order valence-corrected chi connectivity index (χ1v) is 5.90. The van der Waals surface area contributed by atoms with Gasteiger partial charge < -0.3 is 10.0 Å². The Hall–Kier alpha value is -1.35. The molecule has 0 saturated carbocycles. The van der Waals surface area contributed by atoms with Gasteiger partial charge in [-0.15, -0.1) is 0 Å². The van der Waals surface area contributed by atoms with Crippen LogP contribution in [-0.4, -0.2) is 34.2 Å². The number of hydrogen-bond donors (Lipinski definition) is 1. The molecule has 3 aliphatic heterocycles. The molecular formula is C13H16N2O. The second-order valence-corrected chi connectivity index (χ2v) is 4.59. The minimum Gasteiger partial charge on any atom is -0.387 e. The summed E-state index contributed by atoms with van der Waals surface area (Å²) in [7, 11) is 0. The Morgan fingerprint density at radius 1 is 1.31 bits per heavy atom. The van der Waals surface area contributed by atoms with Gasteiger partial charge in [-0.2, -0.15) is 0 Å². The highest BCUT2D eigenvalue weighted by molar-refractivity contribution is 5.50. The van der Waals surface area contributed by atoms with Gasteiger partial charge in [-0.05, 0) is 37.0 Å². The van der Waals surface area contributed by atoms with Crippen LogP contribution in [0.3, 0.4) is 0 Å². The smallest absolute Gasteiger partial charge is 0.0966 e. The third kappa shape index (κ3) is 1.61. The maximum atomic E-state index is 10.2. The molecular weight excluding hydrogens is 200 g/mol. The molecule has 1 atom stereocenters. The van der Waals surface area contributed by atoms with Crippen molar-refractivity contribution in [2.24, 2.45) is 5.92 Å². The first-order valence-electron chi connectivity index (χ1n) is 5.90. The first kappa shape index (κ1) is 9.85. The minimum atomic E-state index is -0.287. The van der Waals surface area contributed by atoms with Crippen LogP contribution < -0.4 is 0 Å². The lowest BCUT2D eigenvalue weighted by molar-refractivity contribution is 0.0214. The van der Waals surface area contributed by atoms with E-state index in [1.54, 1.807) is 6.20 Å². The van der Waals surface area contributed by atoms with Crippen LogP contribution in [0, 0.1) is 5.92 Å². The van der Waals surface area contributed by atoms with Crippen LogP contribution in [0.15, 0.2) is 30.1 Å². The molecule has 16 heavy (non-hydrogen) atoms. The van der Waals surface area contributed by atoms with Crippen molar-refractivity contribution in [1.29, 1.82) is 0 Å². The molecule has 3 saturated heterocycles. The molecule has 0 aliphatic carbocycles. The lowest BCUT2D eigenvalue weighted by Crippen LogP contribution is -2.48. The van der Waals surface area contributed by atoms with Crippen LogP contribution in [0.4, 0.5) is 0 Å². The second kappa shape index (κ2) is 3.91. The number of fused-ring (bicyclic) bond motifs is 3. The van der Waals surface area contributed by atoms with Crippen LogP contribution in [0.5, 0.6) is 0 Å². The van der Waals surface area contributed by atoms with Gasteiger partial charge in [0.15, 0.2) is 0 Å². The predicted molar refractivity (Wildman–Crippen MR) is 62.5 cm³/mol. The number of aliphatic hydroxyl groups is 1. The number of aromatic nitrogens is 1. The van der Waals surface area contributed by atoms with Crippen molar-refractivity contribution in [3.63, 3.8) is 0 Å². The number of piperidine rings is 3. The average Bonchev–Trinajstić information content (AvgIpc) is 2.36. The standard InChI is InChI=1S/C13H16N2O/c16-13-10-4-7-15(8-5-10)12(13)9-11-3-1-2-6-14-11/h1-3,6,9-10,13,16H,4-5,7-8H2/b12-9-/t13-/m1/s1. The zero-order valence-corrected chi connectivity index (χ0v) is 9.21. The molecule has 84 valence electrons. The van der Waals surface area contributed by atoms with Crippen LogP contribution in [0.25, 0.3) is 6.08 Å². The van der Waals surface area contributed by atoms with E-state index in [0.29, 0.717) is 5.92 Å². The fourth-order valence-corrected chi connectivity index (χ4v) is 2.69. The van der Waals surface area contributed by atoms with E-state index < -0.39 is 0 Å². The molecule has 0 unspecified atom stereocenters. The fourth-order valence-electron chi connectivity index (χ4n) is 2.69. The van der Waals surface area contributed by atoms with E-state index in [9.17, 15) is 5.11 Å². The van der Waals surface area contributed by atoms with E-state index in [0.717, 1.165) is 37.3 Å². The molecule has 3 heteroatoms. The van der Waals surface area contributed by atoms with Crippen molar-refractivity contribution in [2.75, 3.05) is 13.1 Å². The molecule has 2 bridgehead atoms. The van der Waals surface area contributed by atoms with Gasteiger partial charge in [0.2, 0.25) is 0 Å². The number of hydrogen-bond acceptors (Lipinski definition) is 3. The van der Waals surface area contributed by atoms with Crippen LogP contribution in [0.1, 0.15) is 18.5 Å². The topological polar surface area (TPSA) is 36.4 Å². The number of rotatable bonds is 1. The summed E-state index contributed by atoms with van der Waals surface area (Å²) >= 11 is 0. The van der Waals surface area contributed by atoms with Gasteiger partial charge in [0.1, 0.15) is 0 Å². The van der Waals surface area contributed by atoms with Crippen molar-refractivity contribution in [3.8, 4) is 0 Å². The summed E-state index contributed by atoms with van der Waals surface area (Å²) in [4.78, 5) is 6.57. The third-order valence-corrected chi connectivity index (χ3v) is 3.64. The third-order valence-electron chi connectivity index (χ3n) is 3.64. The normalized spacial score (nSPS) is 31.1. The van der Waals surface area contributed by atoms with Crippen LogP contribution in [-0.2, 0) is 0 Å². The van der Waals surface area contributed by atoms with Gasteiger partial charge in [0.05, 0.1) is 11.8 Å². The van der Waals surface area contributed by atoms with Gasteiger partial charge >= 0.3 is 0 Å². The van der Waals surface area contributed by atoms with Gasteiger partial charge in [-0.25, -0.2) is 0 Å². The molecule has 0 spiro atoms. The maximum absolute atomic E-state index is 10.2. The fraction of sp³-hybridized carbons (Fsp3) is 0.462. The summed E-state index contributed by atoms with van der Waals surface area (Å²) in [6.45, 7) is 2.17. The van der Waals surface area contributed by atoms with Crippen molar-refractivity contribution < 1.29 is 5.11 Å². The highest BCUT2D eigenvalue weighted by Crippen LogP contribution is 2.35. The molecule has 0 aromatic carbocycles. The van der Waals surface area contributed by atoms with Gasteiger partial charge in [0, 0.05) is 25.0 Å². The largest absolute Gasteiger partial charge is 0.387 e. The SMILES string of the molecule is O[C@H]1/C(=C/c2ccccn2)N2CCC1CC2. The molecule has 0 amide bonds. The van der Waals surface area contributed by atoms with Crippen molar-refractivity contribution in [2.45, 2.75) is 18.9 Å². The van der Waals surface area contributed by atoms with Crippen molar-refractivity contribution in [1.82, 2.24) is 9.88 Å². The molecule has 3 nitrogen and oxygen atoms in total. The molecule has 1 aromatic rings. The Bertz CT molecular complexity index is 390. The second-order valence-electron chi connectivity index (χ2n) is 4.59. The quantitative estimate of drug-likeness (QED) is 0.773. The van der Waals surface area contributed by atoms with E-state index in [4.69, 9.17) is 0 Å². The molecule has 1 N–H and O–H groups in total. The molecule has 3 aliphatic rings. The van der Waals surface area contributed by atoms with Gasteiger partial charge in [-0.1, -0.05) is 6.07 Å². The van der Waals surface area contributed by atoms with E-state index in [2.05, 4.69) is 9.88 Å². The summed E-state index contributed by atoms with van der Waals surface area (Å²) < 4.78 is 0. The highest BCUT2D eigenvalue weighted by atomic mass is 16.3. The molecule has 4 rings (SSSR count). The summed E-state index contributed by atoms with van der Waals surface area (Å²) in [6, 6.07) is 5.86. The Balaban J connectivity index is 1.92. The average molecular weight is 216 g/mol. The van der Waals surface area contributed by atoms with Gasteiger partial charge in [-0.3, -0.25) is 4.98 Å². The van der Waals surface area contributed by atoms with E-state index >= 15 is 0 Å². The monoisotopic (exact) mass is 216 g/mol. The lowest BCUT2D eigenvalue weighted by Gasteiger charge is -2.45. The van der Waals surface area contributed by atoms with Crippen LogP contribution in [0.2, 0.25) is 0 Å². The zero-order chi connectivity index (χ0) is 11.0. The zero-order valence-electron chi connectivity index (χ0n) is 9.21. The predicted octanol–water partition coefficient (Wildman–Crippen LogP) is 1.51. The molecule has 4 heterocycles. The number of pyridine rings is 1. The van der Waals surface area contributed by atoms with Crippen molar-refractivity contribution in [3.05, 3.63) is 35.8 Å². The summed E-state index contributed by atoms with van der Waals surface area (Å²) in [5.74, 6) is 0.458. The molecule has 1 aromatic heterocycles. The molecule has 0 radical (unpaired) electrons. The maximum Gasteiger partial charge on any atom is 0.0966 e.